The molecule has 0 atom stereocenters. The maximum absolute atomic E-state index is 12.5. The minimum Gasteiger partial charge on any atom is -0.389 e. The molecule has 0 amide bonds. The number of hydrogen-bond donors (Lipinski definition) is 1. The third kappa shape index (κ3) is 3.91. The van der Waals surface area contributed by atoms with Gasteiger partial charge in [-0.3, -0.25) is 0 Å². The van der Waals surface area contributed by atoms with Gasteiger partial charge in [-0.2, -0.15) is 4.31 Å². The topological polar surface area (TPSA) is 63.4 Å². The lowest BCUT2D eigenvalue weighted by Gasteiger charge is -2.21. The molecule has 0 aliphatic rings. The zero-order chi connectivity index (χ0) is 15.3. The van der Waals surface area contributed by atoms with Crippen LogP contribution >= 0.6 is 23.8 Å². The molecular weight excluding hydrogens is 316 g/mol. The highest BCUT2D eigenvalue weighted by molar-refractivity contribution is 7.89. The monoisotopic (exact) mass is 334 g/mol. The number of hydrogen-bond acceptors (Lipinski definition) is 3. The van der Waals surface area contributed by atoms with Crippen molar-refractivity contribution < 1.29 is 8.42 Å². The molecule has 0 aromatic heterocycles. The molecule has 0 unspecified atom stereocenters. The normalized spacial score (nSPS) is 11.8. The average molecular weight is 335 g/mol. The first-order valence-electron chi connectivity index (χ1n) is 6.44. The maximum Gasteiger partial charge on any atom is 0.244 e. The summed E-state index contributed by atoms with van der Waals surface area (Å²) in [6.45, 7) is 4.73. The smallest absolute Gasteiger partial charge is 0.244 e. The number of nitrogens with zero attached hydrogens (tertiary/aromatic N) is 1. The van der Waals surface area contributed by atoms with Gasteiger partial charge in [0.1, 0.15) is 9.88 Å². The molecule has 0 fully saturated rings. The average Bonchev–Trinajstić information content (AvgIpc) is 2.38. The summed E-state index contributed by atoms with van der Waals surface area (Å²) in [6.07, 6.45) is 1.75. The van der Waals surface area contributed by atoms with E-state index in [-0.39, 0.29) is 14.9 Å². The minimum atomic E-state index is -3.58. The van der Waals surface area contributed by atoms with Gasteiger partial charge in [0.25, 0.3) is 0 Å². The van der Waals surface area contributed by atoms with Crippen LogP contribution in [0.5, 0.6) is 0 Å². The van der Waals surface area contributed by atoms with Gasteiger partial charge in [0, 0.05) is 18.7 Å². The second kappa shape index (κ2) is 7.36. The summed E-state index contributed by atoms with van der Waals surface area (Å²) in [6, 6.07) is 4.53. The Kier molecular flexibility index (Phi) is 6.39. The third-order valence-electron chi connectivity index (χ3n) is 2.95. The number of rotatable bonds is 7. The second-order valence-corrected chi connectivity index (χ2v) is 7.11. The molecule has 0 aliphatic heterocycles. The second-order valence-electron chi connectivity index (χ2n) is 4.36. The first-order valence-corrected chi connectivity index (χ1v) is 8.66. The molecule has 0 heterocycles. The van der Waals surface area contributed by atoms with Crippen LogP contribution in [0, 0.1) is 0 Å². The van der Waals surface area contributed by atoms with Gasteiger partial charge in [-0.1, -0.05) is 50.2 Å². The number of unbranched alkanes of at least 4 members (excludes halogenated alkanes) is 1. The van der Waals surface area contributed by atoms with E-state index >= 15 is 0 Å². The van der Waals surface area contributed by atoms with E-state index in [1.807, 2.05) is 13.8 Å². The summed E-state index contributed by atoms with van der Waals surface area (Å²) >= 11 is 10.9. The van der Waals surface area contributed by atoms with Crippen molar-refractivity contribution in [3.05, 3.63) is 28.8 Å². The Bertz CT molecular complexity index is 588. The third-order valence-corrected chi connectivity index (χ3v) is 5.64. The van der Waals surface area contributed by atoms with Crippen LogP contribution in [-0.4, -0.2) is 30.8 Å². The van der Waals surface area contributed by atoms with E-state index in [1.54, 1.807) is 6.07 Å². The molecule has 0 radical (unpaired) electrons. The molecule has 1 aromatic carbocycles. The molecular formula is C13H19ClN2O2S2. The molecule has 0 bridgehead atoms. The number of nitrogens with two attached hydrogens (primary N) is 1. The van der Waals surface area contributed by atoms with Gasteiger partial charge in [-0.15, -0.1) is 0 Å². The van der Waals surface area contributed by atoms with Gasteiger partial charge in [0.15, 0.2) is 0 Å². The van der Waals surface area contributed by atoms with E-state index in [0.29, 0.717) is 18.7 Å². The van der Waals surface area contributed by atoms with Crippen molar-refractivity contribution in [2.45, 2.75) is 31.6 Å². The molecule has 1 rings (SSSR count). The summed E-state index contributed by atoms with van der Waals surface area (Å²) in [5.74, 6) is 0. The molecule has 4 nitrogen and oxygen atoms in total. The number of benzene rings is 1. The van der Waals surface area contributed by atoms with Gasteiger partial charge >= 0.3 is 0 Å². The molecule has 2 N–H and O–H groups in total. The molecule has 112 valence electrons. The summed E-state index contributed by atoms with van der Waals surface area (Å²) in [7, 11) is -3.58. The SMILES string of the molecule is CCCCN(CC)S(=O)(=O)c1ccc(C(N)=S)cc1Cl. The maximum atomic E-state index is 12.5. The van der Waals surface area contributed by atoms with Crippen LogP contribution in [0.15, 0.2) is 23.1 Å². The van der Waals surface area contributed by atoms with Crippen LogP contribution in [0.2, 0.25) is 5.02 Å². The van der Waals surface area contributed by atoms with Crippen LogP contribution in [0.3, 0.4) is 0 Å². The molecule has 0 saturated heterocycles. The highest BCUT2D eigenvalue weighted by Gasteiger charge is 2.25. The molecule has 0 spiro atoms. The Labute approximate surface area is 131 Å². The fraction of sp³-hybridized carbons (Fsp3) is 0.462. The zero-order valence-corrected chi connectivity index (χ0v) is 14.0. The van der Waals surface area contributed by atoms with Crippen molar-refractivity contribution in [1.29, 1.82) is 0 Å². The first kappa shape index (κ1) is 17.4. The summed E-state index contributed by atoms with van der Waals surface area (Å²) in [5.41, 5.74) is 6.06. The van der Waals surface area contributed by atoms with Crippen molar-refractivity contribution in [3.63, 3.8) is 0 Å². The van der Waals surface area contributed by atoms with Crippen molar-refractivity contribution in [1.82, 2.24) is 4.31 Å². The first-order chi connectivity index (χ1) is 9.34. The van der Waals surface area contributed by atoms with Crippen LogP contribution in [0.4, 0.5) is 0 Å². The summed E-state index contributed by atoms with van der Waals surface area (Å²) in [4.78, 5) is 0.284. The predicted octanol–water partition coefficient (Wildman–Crippen LogP) is 2.78. The van der Waals surface area contributed by atoms with Crippen molar-refractivity contribution in [3.8, 4) is 0 Å². The van der Waals surface area contributed by atoms with Crippen molar-refractivity contribution in [2.75, 3.05) is 13.1 Å². The fourth-order valence-corrected chi connectivity index (χ4v) is 3.92. The Balaban J connectivity index is 3.17. The van der Waals surface area contributed by atoms with Crippen molar-refractivity contribution >= 4 is 38.8 Å². The molecule has 0 aliphatic carbocycles. The van der Waals surface area contributed by atoms with Gasteiger partial charge in [-0.05, 0) is 18.6 Å². The quantitative estimate of drug-likeness (QED) is 0.779. The number of sulfonamides is 1. The van der Waals surface area contributed by atoms with Gasteiger partial charge in [-0.25, -0.2) is 8.42 Å². The van der Waals surface area contributed by atoms with Gasteiger partial charge in [0.2, 0.25) is 10.0 Å². The van der Waals surface area contributed by atoms with E-state index in [1.165, 1.54) is 16.4 Å². The minimum absolute atomic E-state index is 0.0946. The molecule has 1 aromatic rings. The molecule has 20 heavy (non-hydrogen) atoms. The number of thiocarbonyl (C=S) groups is 1. The van der Waals surface area contributed by atoms with E-state index in [9.17, 15) is 8.42 Å². The highest BCUT2D eigenvalue weighted by atomic mass is 35.5. The van der Waals surface area contributed by atoms with Gasteiger partial charge in [0.05, 0.1) is 5.02 Å². The van der Waals surface area contributed by atoms with Crippen molar-refractivity contribution in [2.24, 2.45) is 5.73 Å². The standard InChI is InChI=1S/C13H19ClN2O2S2/c1-3-5-8-16(4-2)20(17,18)12-7-6-10(13(15)19)9-11(12)14/h6-7,9H,3-5,8H2,1-2H3,(H2,15,19). The van der Waals surface area contributed by atoms with E-state index in [2.05, 4.69) is 0 Å². The van der Waals surface area contributed by atoms with E-state index in [4.69, 9.17) is 29.6 Å². The lowest BCUT2D eigenvalue weighted by Crippen LogP contribution is -2.32. The Morgan fingerprint density at radius 3 is 2.50 bits per heavy atom. The van der Waals surface area contributed by atoms with Crippen LogP contribution in [0.25, 0.3) is 0 Å². The van der Waals surface area contributed by atoms with Crippen LogP contribution in [-0.2, 0) is 10.0 Å². The predicted molar refractivity (Wildman–Crippen MR) is 86.7 cm³/mol. The summed E-state index contributed by atoms with van der Waals surface area (Å²) < 4.78 is 26.5. The Morgan fingerprint density at radius 1 is 1.40 bits per heavy atom. The fourth-order valence-electron chi connectivity index (χ4n) is 1.79. The lowest BCUT2D eigenvalue weighted by molar-refractivity contribution is 0.419. The Hall–Kier alpha value is -0.690. The zero-order valence-electron chi connectivity index (χ0n) is 11.6. The van der Waals surface area contributed by atoms with Crippen LogP contribution < -0.4 is 5.73 Å². The largest absolute Gasteiger partial charge is 0.389 e. The van der Waals surface area contributed by atoms with E-state index < -0.39 is 10.0 Å². The van der Waals surface area contributed by atoms with Crippen LogP contribution in [0.1, 0.15) is 32.3 Å². The summed E-state index contributed by atoms with van der Waals surface area (Å²) in [5, 5.41) is 0.144. The Morgan fingerprint density at radius 2 is 2.05 bits per heavy atom. The molecule has 0 saturated carbocycles. The number of halogens is 1. The highest BCUT2D eigenvalue weighted by Crippen LogP contribution is 2.26. The van der Waals surface area contributed by atoms with E-state index in [0.717, 1.165) is 12.8 Å². The lowest BCUT2D eigenvalue weighted by atomic mass is 10.2. The molecule has 7 heteroatoms. The van der Waals surface area contributed by atoms with Gasteiger partial charge < -0.3 is 5.73 Å².